The summed E-state index contributed by atoms with van der Waals surface area (Å²) in [6, 6.07) is 4.23. The fraction of sp³-hybridized carbons (Fsp3) is 0.455. The summed E-state index contributed by atoms with van der Waals surface area (Å²) in [5.74, 6) is 1.62. The summed E-state index contributed by atoms with van der Waals surface area (Å²) in [4.78, 5) is 2.06. The molecule has 3 heteroatoms. The van der Waals surface area contributed by atoms with Gasteiger partial charge >= 0.3 is 0 Å². The molecule has 0 atom stereocenters. The van der Waals surface area contributed by atoms with Crippen molar-refractivity contribution in [1.29, 1.82) is 0 Å². The van der Waals surface area contributed by atoms with Crippen LogP contribution in [-0.4, -0.2) is 20.0 Å². The Kier molecular flexibility index (Phi) is 3.69. The summed E-state index contributed by atoms with van der Waals surface area (Å²) in [5.41, 5.74) is 3.50. The standard InChI is InChI=1S/C11H17NOS/c1-8-5-9(2)11(13-4)10(6-8)12(3)7-14/h5-6,14H,7H2,1-4H3. The van der Waals surface area contributed by atoms with Crippen molar-refractivity contribution in [3.05, 3.63) is 23.3 Å². The number of rotatable bonds is 3. The van der Waals surface area contributed by atoms with Gasteiger partial charge in [0.25, 0.3) is 0 Å². The number of benzene rings is 1. The molecule has 0 radical (unpaired) electrons. The Hall–Kier alpha value is -0.830. The van der Waals surface area contributed by atoms with E-state index < -0.39 is 0 Å². The highest BCUT2D eigenvalue weighted by Gasteiger charge is 2.10. The fourth-order valence-corrected chi connectivity index (χ4v) is 1.71. The molecule has 1 aromatic carbocycles. The van der Waals surface area contributed by atoms with E-state index in [9.17, 15) is 0 Å². The van der Waals surface area contributed by atoms with Gasteiger partial charge in [-0.3, -0.25) is 0 Å². The minimum absolute atomic E-state index is 0.680. The first-order valence-electron chi connectivity index (χ1n) is 4.57. The Morgan fingerprint density at radius 2 is 2.00 bits per heavy atom. The molecule has 0 spiro atoms. The quantitative estimate of drug-likeness (QED) is 0.609. The number of ether oxygens (including phenoxy) is 1. The summed E-state index contributed by atoms with van der Waals surface area (Å²) in [7, 11) is 3.71. The molecule has 0 aliphatic heterocycles. The minimum atomic E-state index is 0.680. The average molecular weight is 211 g/mol. The molecule has 0 amide bonds. The summed E-state index contributed by atoms with van der Waals surface area (Å²) in [6.07, 6.45) is 0. The third kappa shape index (κ3) is 2.15. The first-order chi connectivity index (χ1) is 6.60. The highest BCUT2D eigenvalue weighted by atomic mass is 32.1. The van der Waals surface area contributed by atoms with Crippen molar-refractivity contribution in [3.8, 4) is 5.75 Å². The zero-order chi connectivity index (χ0) is 10.7. The maximum absolute atomic E-state index is 5.38. The first kappa shape index (κ1) is 11.2. The average Bonchev–Trinajstić information content (AvgIpc) is 2.15. The maximum Gasteiger partial charge on any atom is 0.145 e. The van der Waals surface area contributed by atoms with E-state index in [0.29, 0.717) is 5.88 Å². The number of aryl methyl sites for hydroxylation is 2. The maximum atomic E-state index is 5.38. The molecule has 78 valence electrons. The molecule has 0 heterocycles. The lowest BCUT2D eigenvalue weighted by Crippen LogP contribution is -2.15. The Bertz CT molecular complexity index is 325. The number of thiol groups is 1. The van der Waals surface area contributed by atoms with Gasteiger partial charge in [0.05, 0.1) is 18.7 Å². The monoisotopic (exact) mass is 211 g/mol. The predicted molar refractivity (Wildman–Crippen MR) is 64.7 cm³/mol. The van der Waals surface area contributed by atoms with Crippen molar-refractivity contribution in [2.75, 3.05) is 24.9 Å². The Labute approximate surface area is 91.3 Å². The molecule has 1 aromatic rings. The van der Waals surface area contributed by atoms with Crippen molar-refractivity contribution in [1.82, 2.24) is 0 Å². The molecule has 0 unspecified atom stereocenters. The summed E-state index contributed by atoms with van der Waals surface area (Å²) in [5, 5.41) is 0. The minimum Gasteiger partial charge on any atom is -0.494 e. The molecule has 0 aliphatic rings. The Balaban J connectivity index is 3.24. The molecule has 2 nitrogen and oxygen atoms in total. The van der Waals surface area contributed by atoms with Crippen molar-refractivity contribution < 1.29 is 4.74 Å². The largest absolute Gasteiger partial charge is 0.494 e. The van der Waals surface area contributed by atoms with Gasteiger partial charge in [-0.15, -0.1) is 0 Å². The van der Waals surface area contributed by atoms with Gasteiger partial charge in [-0.2, -0.15) is 12.6 Å². The summed E-state index contributed by atoms with van der Waals surface area (Å²) < 4.78 is 5.38. The highest BCUT2D eigenvalue weighted by molar-refractivity contribution is 7.80. The zero-order valence-corrected chi connectivity index (χ0v) is 10.1. The molecular weight excluding hydrogens is 194 g/mol. The fourth-order valence-electron chi connectivity index (χ4n) is 1.56. The molecular formula is C11H17NOS. The van der Waals surface area contributed by atoms with Gasteiger partial charge in [-0.1, -0.05) is 6.07 Å². The van der Waals surface area contributed by atoms with Crippen LogP contribution in [-0.2, 0) is 0 Å². The van der Waals surface area contributed by atoms with Crippen LogP contribution < -0.4 is 9.64 Å². The normalized spacial score (nSPS) is 10.1. The number of hydrogen-bond acceptors (Lipinski definition) is 3. The van der Waals surface area contributed by atoms with Crippen LogP contribution in [0.25, 0.3) is 0 Å². The molecule has 0 aliphatic carbocycles. The van der Waals surface area contributed by atoms with E-state index in [1.165, 1.54) is 5.56 Å². The lowest BCUT2D eigenvalue weighted by Gasteiger charge is -2.21. The molecule has 0 bridgehead atoms. The van der Waals surface area contributed by atoms with E-state index in [0.717, 1.165) is 17.0 Å². The summed E-state index contributed by atoms with van der Waals surface area (Å²) in [6.45, 7) is 4.14. The van der Waals surface area contributed by atoms with Gasteiger partial charge in [-0.25, -0.2) is 0 Å². The van der Waals surface area contributed by atoms with Crippen LogP contribution in [0.1, 0.15) is 11.1 Å². The summed E-state index contributed by atoms with van der Waals surface area (Å²) >= 11 is 4.25. The predicted octanol–water partition coefficient (Wildman–Crippen LogP) is 2.64. The van der Waals surface area contributed by atoms with Crippen molar-refractivity contribution in [2.24, 2.45) is 0 Å². The van der Waals surface area contributed by atoms with E-state index >= 15 is 0 Å². The lowest BCUT2D eigenvalue weighted by atomic mass is 10.1. The number of hydrogen-bond donors (Lipinski definition) is 1. The van der Waals surface area contributed by atoms with Crippen LogP contribution >= 0.6 is 12.6 Å². The van der Waals surface area contributed by atoms with Gasteiger partial charge in [0, 0.05) is 7.05 Å². The Morgan fingerprint density at radius 3 is 2.50 bits per heavy atom. The Morgan fingerprint density at radius 1 is 1.36 bits per heavy atom. The second kappa shape index (κ2) is 4.60. The second-order valence-electron chi connectivity index (χ2n) is 3.47. The van der Waals surface area contributed by atoms with Crippen LogP contribution in [0.15, 0.2) is 12.1 Å². The third-order valence-electron chi connectivity index (χ3n) is 2.23. The molecule has 14 heavy (non-hydrogen) atoms. The second-order valence-corrected chi connectivity index (χ2v) is 3.76. The molecule has 1 rings (SSSR count). The smallest absolute Gasteiger partial charge is 0.145 e. The van der Waals surface area contributed by atoms with Crippen molar-refractivity contribution in [2.45, 2.75) is 13.8 Å². The number of methoxy groups -OCH3 is 1. The van der Waals surface area contributed by atoms with Crippen LogP contribution in [0.3, 0.4) is 0 Å². The van der Waals surface area contributed by atoms with Crippen LogP contribution in [0.2, 0.25) is 0 Å². The molecule has 0 aromatic heterocycles. The number of nitrogens with zero attached hydrogens (tertiary/aromatic N) is 1. The van der Waals surface area contributed by atoms with Gasteiger partial charge in [0.1, 0.15) is 5.75 Å². The van der Waals surface area contributed by atoms with E-state index in [1.807, 2.05) is 7.05 Å². The van der Waals surface area contributed by atoms with E-state index in [4.69, 9.17) is 4.74 Å². The van der Waals surface area contributed by atoms with Crippen LogP contribution in [0, 0.1) is 13.8 Å². The van der Waals surface area contributed by atoms with Crippen molar-refractivity contribution in [3.63, 3.8) is 0 Å². The zero-order valence-electron chi connectivity index (χ0n) is 9.16. The van der Waals surface area contributed by atoms with E-state index in [-0.39, 0.29) is 0 Å². The van der Waals surface area contributed by atoms with Gasteiger partial charge in [0.15, 0.2) is 0 Å². The molecule has 0 fully saturated rings. The van der Waals surface area contributed by atoms with Crippen LogP contribution in [0.5, 0.6) is 5.75 Å². The topological polar surface area (TPSA) is 12.5 Å². The SMILES string of the molecule is COc1c(C)cc(C)cc1N(C)CS. The molecule has 0 N–H and O–H groups in total. The molecule has 0 saturated heterocycles. The van der Waals surface area contributed by atoms with Crippen LogP contribution in [0.4, 0.5) is 5.69 Å². The number of anilines is 1. The van der Waals surface area contributed by atoms with Gasteiger partial charge in [0.2, 0.25) is 0 Å². The van der Waals surface area contributed by atoms with Gasteiger partial charge < -0.3 is 9.64 Å². The van der Waals surface area contributed by atoms with Crippen molar-refractivity contribution >= 4 is 18.3 Å². The lowest BCUT2D eigenvalue weighted by molar-refractivity contribution is 0.412. The first-order valence-corrected chi connectivity index (χ1v) is 5.20. The van der Waals surface area contributed by atoms with E-state index in [2.05, 4.69) is 43.5 Å². The third-order valence-corrected chi connectivity index (χ3v) is 2.65. The van der Waals surface area contributed by atoms with Gasteiger partial charge in [-0.05, 0) is 31.0 Å². The highest BCUT2D eigenvalue weighted by Crippen LogP contribution is 2.32. The molecule has 0 saturated carbocycles. The van der Waals surface area contributed by atoms with E-state index in [1.54, 1.807) is 7.11 Å².